The lowest BCUT2D eigenvalue weighted by Gasteiger charge is -2.18. The Morgan fingerprint density at radius 3 is 2.81 bits per heavy atom. The molecule has 2 aromatic heterocycles. The first kappa shape index (κ1) is 17.6. The molecule has 4 rings (SSSR count). The van der Waals surface area contributed by atoms with Crippen LogP contribution in [0.3, 0.4) is 0 Å². The monoisotopic (exact) mass is 386 g/mol. The van der Waals surface area contributed by atoms with Crippen LogP contribution in [0.25, 0.3) is 10.9 Å². The van der Waals surface area contributed by atoms with Gasteiger partial charge in [0.05, 0.1) is 31.6 Å². The van der Waals surface area contributed by atoms with Gasteiger partial charge in [0.2, 0.25) is 21.8 Å². The summed E-state index contributed by atoms with van der Waals surface area (Å²) in [5.41, 5.74) is 0.475. The van der Waals surface area contributed by atoms with Crippen molar-refractivity contribution in [2.45, 2.75) is 17.4 Å². The molecule has 8 nitrogen and oxygen atoms in total. The fraction of sp³-hybridized carbons (Fsp3) is 0.278. The van der Waals surface area contributed by atoms with Gasteiger partial charge >= 0.3 is 0 Å². The molecule has 1 aliphatic heterocycles. The second-order valence-corrected chi connectivity index (χ2v) is 8.03. The number of para-hydroxylation sites is 1. The molecular weight excluding hydrogens is 368 g/mol. The number of benzene rings is 1. The van der Waals surface area contributed by atoms with E-state index in [1.807, 2.05) is 12.1 Å². The van der Waals surface area contributed by atoms with Gasteiger partial charge in [0.25, 0.3) is 0 Å². The third kappa shape index (κ3) is 3.43. The predicted molar refractivity (Wildman–Crippen MR) is 98.1 cm³/mol. The van der Waals surface area contributed by atoms with Gasteiger partial charge in [0.1, 0.15) is 11.0 Å². The first-order valence-electron chi connectivity index (χ1n) is 8.44. The highest BCUT2D eigenvalue weighted by molar-refractivity contribution is 7.89. The van der Waals surface area contributed by atoms with Gasteiger partial charge in [-0.3, -0.25) is 9.97 Å². The maximum absolute atomic E-state index is 13.1. The highest BCUT2D eigenvalue weighted by atomic mass is 32.2. The normalized spacial score (nSPS) is 17.9. The highest BCUT2D eigenvalue weighted by Crippen LogP contribution is 2.27. The van der Waals surface area contributed by atoms with Crippen molar-refractivity contribution in [3.05, 3.63) is 48.9 Å². The summed E-state index contributed by atoms with van der Waals surface area (Å²) in [6.07, 6.45) is 4.82. The molecule has 1 unspecified atom stereocenters. The van der Waals surface area contributed by atoms with Crippen molar-refractivity contribution in [3.8, 4) is 11.8 Å². The van der Waals surface area contributed by atoms with Gasteiger partial charge in [-0.15, -0.1) is 0 Å². The van der Waals surface area contributed by atoms with E-state index in [2.05, 4.69) is 15.0 Å². The van der Waals surface area contributed by atoms with Crippen molar-refractivity contribution < 1.29 is 17.9 Å². The minimum absolute atomic E-state index is 0.211. The molecule has 1 aliphatic rings. The third-order valence-electron chi connectivity index (χ3n) is 4.41. The number of hydrogen-bond donors (Lipinski definition) is 0. The van der Waals surface area contributed by atoms with Gasteiger partial charge in [-0.2, -0.15) is 9.29 Å². The topological polar surface area (TPSA) is 94.5 Å². The number of sulfonamides is 1. The Balaban J connectivity index is 1.55. The van der Waals surface area contributed by atoms with Gasteiger partial charge in [0, 0.05) is 18.1 Å². The number of nitrogens with zero attached hydrogens (tertiary/aromatic N) is 4. The van der Waals surface area contributed by atoms with Crippen molar-refractivity contribution in [2.75, 3.05) is 20.2 Å². The van der Waals surface area contributed by atoms with Crippen LogP contribution in [0, 0.1) is 0 Å². The van der Waals surface area contributed by atoms with Crippen LogP contribution in [0.15, 0.2) is 53.8 Å². The minimum atomic E-state index is -3.67. The van der Waals surface area contributed by atoms with Gasteiger partial charge in [-0.1, -0.05) is 18.2 Å². The van der Waals surface area contributed by atoms with E-state index in [0.717, 1.165) is 5.39 Å². The molecule has 0 amide bonds. The molecule has 140 valence electrons. The van der Waals surface area contributed by atoms with E-state index < -0.39 is 10.0 Å². The molecule has 0 spiro atoms. The van der Waals surface area contributed by atoms with Crippen molar-refractivity contribution in [3.63, 3.8) is 0 Å². The quantitative estimate of drug-likeness (QED) is 0.661. The largest absolute Gasteiger partial charge is 0.480 e. The minimum Gasteiger partial charge on any atom is -0.480 e. The third-order valence-corrected chi connectivity index (χ3v) is 6.30. The Morgan fingerprint density at radius 2 is 1.96 bits per heavy atom. The lowest BCUT2D eigenvalue weighted by Crippen LogP contribution is -2.31. The molecule has 0 radical (unpaired) electrons. The number of rotatable bonds is 5. The number of methoxy groups -OCH3 is 1. The molecular formula is C18H18N4O4S. The van der Waals surface area contributed by atoms with Crippen molar-refractivity contribution >= 4 is 20.9 Å². The van der Waals surface area contributed by atoms with Crippen LogP contribution in [0.5, 0.6) is 11.8 Å². The molecule has 0 saturated carbocycles. The number of fused-ring (bicyclic) bond motifs is 1. The molecule has 1 atom stereocenters. The van der Waals surface area contributed by atoms with Crippen molar-refractivity contribution in [2.24, 2.45) is 0 Å². The van der Waals surface area contributed by atoms with E-state index in [9.17, 15) is 8.42 Å². The number of aromatic nitrogens is 3. The fourth-order valence-electron chi connectivity index (χ4n) is 3.09. The van der Waals surface area contributed by atoms with Gasteiger partial charge in [0.15, 0.2) is 0 Å². The lowest BCUT2D eigenvalue weighted by atomic mass is 10.2. The van der Waals surface area contributed by atoms with Crippen LogP contribution < -0.4 is 9.47 Å². The van der Waals surface area contributed by atoms with Gasteiger partial charge in [-0.25, -0.2) is 8.42 Å². The molecule has 27 heavy (non-hydrogen) atoms. The summed E-state index contributed by atoms with van der Waals surface area (Å²) >= 11 is 0. The summed E-state index contributed by atoms with van der Waals surface area (Å²) in [5.74, 6) is 0.655. The summed E-state index contributed by atoms with van der Waals surface area (Å²) in [7, 11) is -2.18. The van der Waals surface area contributed by atoms with E-state index in [1.54, 1.807) is 24.4 Å². The molecule has 1 aromatic carbocycles. The van der Waals surface area contributed by atoms with Crippen LogP contribution in [0.2, 0.25) is 0 Å². The number of hydrogen-bond acceptors (Lipinski definition) is 7. The van der Waals surface area contributed by atoms with E-state index in [4.69, 9.17) is 9.47 Å². The van der Waals surface area contributed by atoms with Crippen LogP contribution in [-0.2, 0) is 10.0 Å². The Bertz CT molecular complexity index is 1070. The highest BCUT2D eigenvalue weighted by Gasteiger charge is 2.35. The molecule has 0 N–H and O–H groups in total. The summed E-state index contributed by atoms with van der Waals surface area (Å²) in [5, 5.41) is 0.789. The lowest BCUT2D eigenvalue weighted by molar-refractivity contribution is 0.203. The molecule has 0 aliphatic carbocycles. The molecule has 1 saturated heterocycles. The summed E-state index contributed by atoms with van der Waals surface area (Å²) in [4.78, 5) is 12.6. The van der Waals surface area contributed by atoms with E-state index >= 15 is 0 Å². The Labute approximate surface area is 156 Å². The Kier molecular flexibility index (Phi) is 4.63. The average molecular weight is 386 g/mol. The molecule has 3 aromatic rings. The zero-order chi connectivity index (χ0) is 18.9. The maximum Gasteiger partial charge on any atom is 0.245 e. The van der Waals surface area contributed by atoms with Crippen molar-refractivity contribution in [1.82, 2.24) is 19.3 Å². The van der Waals surface area contributed by atoms with E-state index in [-0.39, 0.29) is 17.5 Å². The second-order valence-electron chi connectivity index (χ2n) is 6.12. The number of pyridine rings is 1. The zero-order valence-corrected chi connectivity index (χ0v) is 15.5. The number of ether oxygens (including phenoxy) is 2. The van der Waals surface area contributed by atoms with Gasteiger partial charge < -0.3 is 9.47 Å². The molecule has 0 bridgehead atoms. The van der Waals surface area contributed by atoms with Crippen LogP contribution >= 0.6 is 0 Å². The second kappa shape index (κ2) is 7.09. The standard InChI is InChI=1S/C18H18N4O4S/c1-25-16-10-19-11-17(21-16)26-14-7-9-22(12-14)27(23,24)15-6-2-4-13-5-3-8-20-18(13)15/h2-6,8,10-11,14H,7,9,12H2,1H3. The molecule has 9 heteroatoms. The first-order chi connectivity index (χ1) is 13.1. The van der Waals surface area contributed by atoms with E-state index in [1.165, 1.54) is 23.8 Å². The summed E-state index contributed by atoms with van der Waals surface area (Å²) in [6.45, 7) is 0.609. The van der Waals surface area contributed by atoms with Gasteiger partial charge in [-0.05, 0) is 18.6 Å². The predicted octanol–water partition coefficient (Wildman–Crippen LogP) is 1.88. The smallest absolute Gasteiger partial charge is 0.245 e. The Hall–Kier alpha value is -2.78. The average Bonchev–Trinajstić information content (AvgIpc) is 3.17. The van der Waals surface area contributed by atoms with E-state index in [0.29, 0.717) is 30.2 Å². The maximum atomic E-state index is 13.1. The van der Waals surface area contributed by atoms with Crippen molar-refractivity contribution in [1.29, 1.82) is 0 Å². The molecule has 1 fully saturated rings. The molecule has 3 heterocycles. The Morgan fingerprint density at radius 1 is 1.15 bits per heavy atom. The van der Waals surface area contributed by atoms with Crippen LogP contribution in [0.1, 0.15) is 6.42 Å². The first-order valence-corrected chi connectivity index (χ1v) is 9.88. The van der Waals surface area contributed by atoms with Crippen LogP contribution in [-0.4, -0.2) is 54.0 Å². The SMILES string of the molecule is COc1cncc(OC2CCN(S(=O)(=O)c3cccc4cccnc34)C2)n1. The summed E-state index contributed by atoms with van der Waals surface area (Å²) in [6, 6.07) is 8.80. The van der Waals surface area contributed by atoms with Crippen LogP contribution in [0.4, 0.5) is 0 Å². The zero-order valence-electron chi connectivity index (χ0n) is 14.6. The summed E-state index contributed by atoms with van der Waals surface area (Å²) < 4.78 is 38.5. The fourth-order valence-corrected chi connectivity index (χ4v) is 4.74.